The van der Waals surface area contributed by atoms with Crippen LogP contribution in [-0.2, 0) is 24.8 Å². The number of nitrogens with zero attached hydrogens (tertiary/aromatic N) is 1. The molecule has 1 saturated heterocycles. The molecule has 2 aromatic rings. The summed E-state index contributed by atoms with van der Waals surface area (Å²) in [5, 5.41) is 8.28. The van der Waals surface area contributed by atoms with E-state index in [9.17, 15) is 24.3 Å². The number of ether oxygens (including phenoxy) is 2. The van der Waals surface area contributed by atoms with Crippen LogP contribution in [0.5, 0.6) is 5.75 Å². The molecule has 1 aliphatic heterocycles. The highest BCUT2D eigenvalue weighted by atomic mass is 31.2. The Kier molecular flexibility index (Phi) is 6.50. The molecular formula is C18H21NO9P2. The summed E-state index contributed by atoms with van der Waals surface area (Å²) in [4.78, 5) is 36.5. The van der Waals surface area contributed by atoms with Crippen LogP contribution in [0.4, 0.5) is 4.79 Å². The van der Waals surface area contributed by atoms with Crippen LogP contribution >= 0.6 is 14.9 Å². The standard InChI is InChI=1S/C18H21NO9P2/c1-3-25-17(20)26-15-8-6-14(7-9-15)16-27-29(2,22)18(21,30(23,24)28-16)11-13-5-4-10-19-12-13/h4-10,12,16,21-22H,2-3,11H2,1H3,(H,23,24). The zero-order chi connectivity index (χ0) is 22.0. The van der Waals surface area contributed by atoms with Gasteiger partial charge in [0.2, 0.25) is 5.08 Å². The molecule has 1 aliphatic rings. The number of carbonyl (C=O) groups excluding carboxylic acids is 1. The van der Waals surface area contributed by atoms with E-state index in [1.165, 1.54) is 36.7 Å². The van der Waals surface area contributed by atoms with Gasteiger partial charge in [0.25, 0.3) is 0 Å². The molecule has 2 heterocycles. The summed E-state index contributed by atoms with van der Waals surface area (Å²) in [6, 6.07) is 8.74. The molecule has 162 valence electrons. The van der Waals surface area contributed by atoms with Crippen LogP contribution in [0.2, 0.25) is 0 Å². The summed E-state index contributed by atoms with van der Waals surface area (Å²) in [6.07, 6.45) is 3.59. The van der Waals surface area contributed by atoms with E-state index in [1.54, 1.807) is 19.1 Å². The largest absolute Gasteiger partial charge is 0.513 e. The second kappa shape index (κ2) is 8.61. The normalized spacial score (nSPS) is 31.1. The van der Waals surface area contributed by atoms with Gasteiger partial charge in [-0.15, -0.1) is 0 Å². The zero-order valence-electron chi connectivity index (χ0n) is 16.0. The SMILES string of the molecule is C=P1(O)OC(c2ccc(OC(=O)OCC)cc2)OP(=O)(O)C1(O)Cc1cccnc1. The zero-order valence-corrected chi connectivity index (χ0v) is 17.7. The van der Waals surface area contributed by atoms with Crippen molar-refractivity contribution in [1.29, 1.82) is 0 Å². The number of carbonyl (C=O) groups is 1. The van der Waals surface area contributed by atoms with Crippen molar-refractivity contribution in [2.75, 3.05) is 6.61 Å². The molecule has 3 N–H and O–H groups in total. The summed E-state index contributed by atoms with van der Waals surface area (Å²) in [5.74, 6) is 0.160. The number of aliphatic hydroxyl groups is 1. The fraction of sp³-hybridized carbons (Fsp3) is 0.278. The van der Waals surface area contributed by atoms with Crippen LogP contribution in [-0.4, -0.2) is 44.0 Å². The number of aromatic nitrogens is 1. The molecule has 0 bridgehead atoms. The average Bonchev–Trinajstić information content (AvgIpc) is 2.67. The van der Waals surface area contributed by atoms with Crippen molar-refractivity contribution in [1.82, 2.24) is 4.98 Å². The molecule has 0 saturated carbocycles. The van der Waals surface area contributed by atoms with Gasteiger partial charge in [-0.3, -0.25) is 18.6 Å². The van der Waals surface area contributed by atoms with E-state index < -0.39 is 38.9 Å². The number of hydrogen-bond acceptors (Lipinski definition) is 9. The molecule has 0 radical (unpaired) electrons. The van der Waals surface area contributed by atoms with E-state index in [2.05, 4.69) is 16.0 Å². The Hall–Kier alpha value is -2.03. The fourth-order valence-electron chi connectivity index (χ4n) is 2.73. The molecule has 0 amide bonds. The Morgan fingerprint density at radius 3 is 2.53 bits per heavy atom. The van der Waals surface area contributed by atoms with Crippen molar-refractivity contribution in [2.24, 2.45) is 0 Å². The summed E-state index contributed by atoms with van der Waals surface area (Å²) in [7, 11) is -8.90. The highest BCUT2D eigenvalue weighted by Gasteiger charge is 2.62. The molecule has 10 nitrogen and oxygen atoms in total. The highest BCUT2D eigenvalue weighted by molar-refractivity contribution is 7.78. The van der Waals surface area contributed by atoms with Gasteiger partial charge in [-0.05, 0) is 37.0 Å². The lowest BCUT2D eigenvalue weighted by atomic mass is 10.2. The third-order valence-corrected chi connectivity index (χ3v) is 9.35. The minimum Gasteiger partial charge on any atom is -0.434 e. The third-order valence-electron chi connectivity index (χ3n) is 4.30. The molecule has 1 aromatic heterocycles. The smallest absolute Gasteiger partial charge is 0.434 e. The van der Waals surface area contributed by atoms with Gasteiger partial charge in [-0.2, -0.15) is 0 Å². The van der Waals surface area contributed by atoms with Gasteiger partial charge in [0.15, 0.2) is 13.6 Å². The molecule has 30 heavy (non-hydrogen) atoms. The lowest BCUT2D eigenvalue weighted by Crippen LogP contribution is -2.38. The summed E-state index contributed by atoms with van der Waals surface area (Å²) in [5.41, 5.74) is 0.633. The predicted octanol–water partition coefficient (Wildman–Crippen LogP) is 3.01. The molecule has 12 heteroatoms. The first-order valence-corrected chi connectivity index (χ1v) is 12.2. The van der Waals surface area contributed by atoms with Crippen LogP contribution in [0.3, 0.4) is 0 Å². The quantitative estimate of drug-likeness (QED) is 0.348. The number of rotatable bonds is 5. The molecule has 4 unspecified atom stereocenters. The second-order valence-corrected chi connectivity index (χ2v) is 11.1. The molecule has 3 rings (SSSR count). The van der Waals surface area contributed by atoms with Crippen molar-refractivity contribution in [3.05, 3.63) is 59.9 Å². The van der Waals surface area contributed by atoms with Crippen molar-refractivity contribution >= 4 is 27.4 Å². The fourth-order valence-corrected chi connectivity index (χ4v) is 6.72. The van der Waals surface area contributed by atoms with Gasteiger partial charge in [0, 0.05) is 24.4 Å². The van der Waals surface area contributed by atoms with Crippen LogP contribution in [0.1, 0.15) is 24.3 Å². The monoisotopic (exact) mass is 457 g/mol. The van der Waals surface area contributed by atoms with Gasteiger partial charge in [-0.1, -0.05) is 18.2 Å². The van der Waals surface area contributed by atoms with E-state index in [0.717, 1.165) is 0 Å². The van der Waals surface area contributed by atoms with Crippen LogP contribution in [0.15, 0.2) is 48.8 Å². The third kappa shape index (κ3) is 4.50. The summed E-state index contributed by atoms with van der Waals surface area (Å²) in [6.45, 7) is 1.79. The Balaban J connectivity index is 1.82. The second-order valence-electron chi connectivity index (χ2n) is 6.43. The first-order chi connectivity index (χ1) is 14.1. The van der Waals surface area contributed by atoms with Gasteiger partial charge in [-0.25, -0.2) is 4.79 Å². The first-order valence-electron chi connectivity index (χ1n) is 8.80. The van der Waals surface area contributed by atoms with E-state index in [1.807, 2.05) is 0 Å². The maximum atomic E-state index is 12.9. The van der Waals surface area contributed by atoms with Crippen molar-refractivity contribution in [3.8, 4) is 5.75 Å². The Bertz CT molecular complexity index is 970. The number of pyridine rings is 1. The topological polar surface area (TPSA) is 145 Å². The van der Waals surface area contributed by atoms with Crippen molar-refractivity contribution in [2.45, 2.75) is 24.7 Å². The van der Waals surface area contributed by atoms with Gasteiger partial charge in [0.1, 0.15) is 5.75 Å². The minimum atomic E-state index is -4.83. The van der Waals surface area contributed by atoms with Crippen molar-refractivity contribution in [3.63, 3.8) is 0 Å². The highest BCUT2D eigenvalue weighted by Crippen LogP contribution is 2.78. The van der Waals surface area contributed by atoms with E-state index in [4.69, 9.17) is 13.8 Å². The van der Waals surface area contributed by atoms with E-state index in [-0.39, 0.29) is 17.9 Å². The molecule has 4 atom stereocenters. The van der Waals surface area contributed by atoms with Gasteiger partial charge < -0.3 is 24.4 Å². The van der Waals surface area contributed by atoms with Crippen LogP contribution in [0, 0.1) is 0 Å². The molecule has 1 fully saturated rings. The van der Waals surface area contributed by atoms with Crippen LogP contribution < -0.4 is 4.74 Å². The Labute approximate surface area is 172 Å². The number of hydrogen-bond donors (Lipinski definition) is 3. The Morgan fingerprint density at radius 2 is 1.97 bits per heavy atom. The van der Waals surface area contributed by atoms with Crippen molar-refractivity contribution < 1.29 is 42.8 Å². The first kappa shape index (κ1) is 22.7. The van der Waals surface area contributed by atoms with E-state index >= 15 is 0 Å². The lowest BCUT2D eigenvalue weighted by Gasteiger charge is -2.45. The molecule has 0 aliphatic carbocycles. The van der Waals surface area contributed by atoms with Gasteiger partial charge >= 0.3 is 13.8 Å². The maximum Gasteiger partial charge on any atom is 0.513 e. The summed E-state index contributed by atoms with van der Waals surface area (Å²) >= 11 is 0. The lowest BCUT2D eigenvalue weighted by molar-refractivity contribution is -0.0473. The average molecular weight is 457 g/mol. The van der Waals surface area contributed by atoms with Crippen LogP contribution in [0.25, 0.3) is 0 Å². The minimum absolute atomic E-state index is 0.153. The Morgan fingerprint density at radius 1 is 1.27 bits per heavy atom. The number of benzene rings is 1. The predicted molar refractivity (Wildman–Crippen MR) is 108 cm³/mol. The summed E-state index contributed by atoms with van der Waals surface area (Å²) < 4.78 is 33.1. The molecule has 1 aromatic carbocycles. The van der Waals surface area contributed by atoms with E-state index in [0.29, 0.717) is 5.56 Å². The molecule has 0 spiro atoms. The molecular weight excluding hydrogens is 436 g/mol. The van der Waals surface area contributed by atoms with Gasteiger partial charge in [0.05, 0.1) is 6.61 Å². The maximum absolute atomic E-state index is 12.9.